The highest BCUT2D eigenvalue weighted by Crippen LogP contribution is 2.38. The SMILES string of the molecule is CSC1(CNS(=O)(=O)c2ncn(C)c2Cl)CCCCC1. The van der Waals surface area contributed by atoms with Gasteiger partial charge < -0.3 is 4.57 Å². The summed E-state index contributed by atoms with van der Waals surface area (Å²) >= 11 is 7.71. The van der Waals surface area contributed by atoms with E-state index < -0.39 is 10.0 Å². The Kier molecular flexibility index (Phi) is 5.05. The third-order valence-electron chi connectivity index (χ3n) is 3.87. The fraction of sp³-hybridized carbons (Fsp3) is 0.750. The monoisotopic (exact) mass is 337 g/mol. The molecule has 1 saturated carbocycles. The molecule has 0 spiro atoms. The van der Waals surface area contributed by atoms with Gasteiger partial charge in [-0.15, -0.1) is 0 Å². The Morgan fingerprint density at radius 3 is 2.60 bits per heavy atom. The molecule has 1 aromatic rings. The van der Waals surface area contributed by atoms with Gasteiger partial charge >= 0.3 is 0 Å². The molecule has 0 amide bonds. The zero-order valence-corrected chi connectivity index (χ0v) is 14.1. The summed E-state index contributed by atoms with van der Waals surface area (Å²) in [5.74, 6) is 0. The van der Waals surface area contributed by atoms with Crippen LogP contribution in [0, 0.1) is 0 Å². The Labute approximate surface area is 129 Å². The van der Waals surface area contributed by atoms with Crippen molar-refractivity contribution >= 4 is 33.4 Å². The lowest BCUT2D eigenvalue weighted by Gasteiger charge is -2.35. The van der Waals surface area contributed by atoms with Crippen LogP contribution < -0.4 is 4.72 Å². The van der Waals surface area contributed by atoms with Crippen molar-refractivity contribution < 1.29 is 8.42 Å². The van der Waals surface area contributed by atoms with Gasteiger partial charge in [-0.1, -0.05) is 30.9 Å². The third-order valence-corrected chi connectivity index (χ3v) is 7.18. The molecule has 1 heterocycles. The van der Waals surface area contributed by atoms with E-state index in [9.17, 15) is 8.42 Å². The minimum Gasteiger partial charge on any atom is -0.324 e. The maximum Gasteiger partial charge on any atom is 0.261 e. The standard InChI is InChI=1S/C12H20ClN3O2S2/c1-16-9-14-11(10(16)13)20(17,18)15-8-12(19-2)6-4-3-5-7-12/h9,15H,3-8H2,1-2H3. The smallest absolute Gasteiger partial charge is 0.261 e. The van der Waals surface area contributed by atoms with Gasteiger partial charge in [0.25, 0.3) is 10.0 Å². The van der Waals surface area contributed by atoms with Crippen molar-refractivity contribution in [3.05, 3.63) is 11.5 Å². The van der Waals surface area contributed by atoms with Crippen molar-refractivity contribution in [2.75, 3.05) is 12.8 Å². The number of nitrogens with zero attached hydrogens (tertiary/aromatic N) is 2. The molecule has 0 aliphatic heterocycles. The highest BCUT2D eigenvalue weighted by molar-refractivity contribution is 8.00. The third kappa shape index (κ3) is 3.32. The summed E-state index contributed by atoms with van der Waals surface area (Å²) in [5, 5.41) is 0.0491. The van der Waals surface area contributed by atoms with Crippen LogP contribution in [0.4, 0.5) is 0 Å². The van der Waals surface area contributed by atoms with Crippen LogP contribution in [0.2, 0.25) is 5.15 Å². The van der Waals surface area contributed by atoms with E-state index in [-0.39, 0.29) is 14.9 Å². The van der Waals surface area contributed by atoms with E-state index in [1.165, 1.54) is 17.3 Å². The molecule has 0 radical (unpaired) electrons. The van der Waals surface area contributed by atoms with Crippen LogP contribution in [0.15, 0.2) is 11.4 Å². The summed E-state index contributed by atoms with van der Waals surface area (Å²) in [6.45, 7) is 0.434. The van der Waals surface area contributed by atoms with Gasteiger partial charge in [0.05, 0.1) is 6.33 Å². The Morgan fingerprint density at radius 2 is 2.10 bits per heavy atom. The van der Waals surface area contributed by atoms with Crippen LogP contribution in [-0.4, -0.2) is 35.5 Å². The second-order valence-electron chi connectivity index (χ2n) is 5.22. The number of thioether (sulfide) groups is 1. The highest BCUT2D eigenvalue weighted by Gasteiger charge is 2.33. The van der Waals surface area contributed by atoms with Gasteiger partial charge in [0.1, 0.15) is 5.15 Å². The van der Waals surface area contributed by atoms with Gasteiger partial charge in [-0.25, -0.2) is 18.1 Å². The zero-order chi connectivity index (χ0) is 14.8. The molecule has 0 atom stereocenters. The first-order chi connectivity index (χ1) is 9.40. The second-order valence-corrected chi connectivity index (χ2v) is 8.54. The molecule has 0 saturated heterocycles. The summed E-state index contributed by atoms with van der Waals surface area (Å²) < 4.78 is 28.7. The number of aromatic nitrogens is 2. The summed E-state index contributed by atoms with van der Waals surface area (Å²) in [7, 11) is -1.98. The van der Waals surface area contributed by atoms with Gasteiger partial charge in [0, 0.05) is 18.3 Å². The Hall–Kier alpha value is -0.240. The van der Waals surface area contributed by atoms with Gasteiger partial charge in [0.15, 0.2) is 0 Å². The van der Waals surface area contributed by atoms with E-state index in [1.807, 2.05) is 6.26 Å². The van der Waals surface area contributed by atoms with Crippen molar-refractivity contribution in [2.45, 2.75) is 41.9 Å². The van der Waals surface area contributed by atoms with E-state index in [0.717, 1.165) is 25.7 Å². The largest absolute Gasteiger partial charge is 0.324 e. The van der Waals surface area contributed by atoms with E-state index in [0.29, 0.717) is 6.54 Å². The molecule has 8 heteroatoms. The van der Waals surface area contributed by atoms with Crippen LogP contribution in [0.1, 0.15) is 32.1 Å². The lowest BCUT2D eigenvalue weighted by Crippen LogP contribution is -2.41. The first kappa shape index (κ1) is 16.1. The number of nitrogens with one attached hydrogen (secondary N) is 1. The van der Waals surface area contributed by atoms with Gasteiger partial charge in [-0.05, 0) is 19.1 Å². The molecule has 114 valence electrons. The molecule has 1 aliphatic rings. The second kappa shape index (κ2) is 6.25. The lowest BCUT2D eigenvalue weighted by molar-refractivity contribution is 0.394. The molecule has 2 rings (SSSR count). The van der Waals surface area contributed by atoms with Crippen LogP contribution >= 0.6 is 23.4 Å². The molecule has 1 fully saturated rings. The van der Waals surface area contributed by atoms with Crippen molar-refractivity contribution in [1.29, 1.82) is 0 Å². The Bertz CT molecular complexity index is 565. The van der Waals surface area contributed by atoms with Crippen LogP contribution in [-0.2, 0) is 17.1 Å². The first-order valence-electron chi connectivity index (χ1n) is 6.62. The van der Waals surface area contributed by atoms with E-state index in [4.69, 9.17) is 11.6 Å². The average molecular weight is 338 g/mol. The number of halogens is 1. The number of hydrogen-bond acceptors (Lipinski definition) is 4. The fourth-order valence-electron chi connectivity index (χ4n) is 2.52. The molecule has 0 unspecified atom stereocenters. The number of rotatable bonds is 5. The first-order valence-corrected chi connectivity index (χ1v) is 9.70. The minimum absolute atomic E-state index is 0.00652. The predicted octanol–water partition coefficient (Wildman–Crippen LogP) is 2.42. The molecular weight excluding hydrogens is 318 g/mol. The van der Waals surface area contributed by atoms with Crippen LogP contribution in [0.5, 0.6) is 0 Å². The van der Waals surface area contributed by atoms with Gasteiger partial charge in [-0.3, -0.25) is 0 Å². The number of sulfonamides is 1. The Balaban J connectivity index is 2.11. The normalized spacial score (nSPS) is 19.1. The molecule has 5 nitrogen and oxygen atoms in total. The molecule has 20 heavy (non-hydrogen) atoms. The maximum absolute atomic E-state index is 12.3. The molecule has 0 aromatic carbocycles. The zero-order valence-electron chi connectivity index (χ0n) is 11.7. The summed E-state index contributed by atoms with van der Waals surface area (Å²) in [6, 6.07) is 0. The van der Waals surface area contributed by atoms with Crippen LogP contribution in [0.3, 0.4) is 0 Å². The van der Waals surface area contributed by atoms with Crippen LogP contribution in [0.25, 0.3) is 0 Å². The average Bonchev–Trinajstić information content (AvgIpc) is 2.79. The van der Waals surface area contributed by atoms with Crippen molar-refractivity contribution in [3.8, 4) is 0 Å². The molecule has 1 N–H and O–H groups in total. The number of hydrogen-bond donors (Lipinski definition) is 1. The molecule has 0 bridgehead atoms. The predicted molar refractivity (Wildman–Crippen MR) is 82.7 cm³/mol. The van der Waals surface area contributed by atoms with E-state index in [1.54, 1.807) is 18.8 Å². The van der Waals surface area contributed by atoms with E-state index >= 15 is 0 Å². The topological polar surface area (TPSA) is 64.0 Å². The quantitative estimate of drug-likeness (QED) is 0.896. The van der Waals surface area contributed by atoms with Crippen molar-refractivity contribution in [3.63, 3.8) is 0 Å². The maximum atomic E-state index is 12.3. The summed E-state index contributed by atoms with van der Waals surface area (Å²) in [5.41, 5.74) is 0. The van der Waals surface area contributed by atoms with Crippen molar-refractivity contribution in [1.82, 2.24) is 14.3 Å². The van der Waals surface area contributed by atoms with Gasteiger partial charge in [-0.2, -0.15) is 11.8 Å². The van der Waals surface area contributed by atoms with Crippen molar-refractivity contribution in [2.24, 2.45) is 7.05 Å². The lowest BCUT2D eigenvalue weighted by atomic mass is 9.88. The molecular formula is C12H20ClN3O2S2. The summed E-state index contributed by atoms with van der Waals surface area (Å²) in [4.78, 5) is 3.87. The number of aryl methyl sites for hydroxylation is 1. The fourth-order valence-corrected chi connectivity index (χ4v) is 5.07. The highest BCUT2D eigenvalue weighted by atomic mass is 35.5. The van der Waals surface area contributed by atoms with Gasteiger partial charge in [0.2, 0.25) is 5.03 Å². The van der Waals surface area contributed by atoms with E-state index in [2.05, 4.69) is 9.71 Å². The minimum atomic E-state index is -3.64. The molecule has 1 aliphatic carbocycles. The summed E-state index contributed by atoms with van der Waals surface area (Å²) in [6.07, 6.45) is 9.11. The Morgan fingerprint density at radius 1 is 1.45 bits per heavy atom. The molecule has 1 aromatic heterocycles. The number of imidazole rings is 1.